The zero-order valence-corrected chi connectivity index (χ0v) is 16.2. The van der Waals surface area contributed by atoms with Crippen molar-refractivity contribution < 1.29 is 14.3 Å². The van der Waals surface area contributed by atoms with Crippen molar-refractivity contribution >= 4 is 11.6 Å². The zero-order valence-electron chi connectivity index (χ0n) is 16.2. The van der Waals surface area contributed by atoms with Gasteiger partial charge in [0, 0.05) is 12.5 Å². The molecule has 0 saturated carbocycles. The third kappa shape index (κ3) is 4.58. The maximum absolute atomic E-state index is 14.1. The van der Waals surface area contributed by atoms with Crippen LogP contribution in [0.2, 0.25) is 0 Å². The lowest BCUT2D eigenvalue weighted by Gasteiger charge is -2.25. The highest BCUT2D eigenvalue weighted by Gasteiger charge is 2.19. The number of phenols is 1. The minimum atomic E-state index is -0.399. The number of aryl methyl sites for hydroxylation is 1. The average Bonchev–Trinajstić information content (AvgIpc) is 2.69. The van der Waals surface area contributed by atoms with Crippen molar-refractivity contribution in [3.05, 3.63) is 94.8 Å². The molecule has 0 aliphatic carbocycles. The van der Waals surface area contributed by atoms with Gasteiger partial charge in [0.25, 0.3) is 0 Å². The number of hydrogen-bond acceptors (Lipinski definition) is 2. The predicted molar refractivity (Wildman–Crippen MR) is 110 cm³/mol. The minimum absolute atomic E-state index is 0.129. The Hall–Kier alpha value is -3.14. The van der Waals surface area contributed by atoms with Crippen LogP contribution < -0.4 is 4.90 Å². The molecule has 0 spiro atoms. The van der Waals surface area contributed by atoms with Crippen LogP contribution in [0.5, 0.6) is 5.75 Å². The summed E-state index contributed by atoms with van der Waals surface area (Å²) in [5.41, 5.74) is 4.17. The molecule has 1 N–H and O–H groups in total. The number of phenolic OH excluding ortho intramolecular Hbond substituents is 1. The van der Waals surface area contributed by atoms with Gasteiger partial charge in [-0.2, -0.15) is 0 Å². The smallest absolute Gasteiger partial charge is 0.224 e. The third-order valence-corrected chi connectivity index (χ3v) is 4.84. The summed E-state index contributed by atoms with van der Waals surface area (Å²) >= 11 is 0. The predicted octanol–water partition coefficient (Wildman–Crippen LogP) is 5.24. The van der Waals surface area contributed by atoms with Gasteiger partial charge in [0.1, 0.15) is 11.6 Å². The van der Waals surface area contributed by atoms with E-state index in [2.05, 4.69) is 0 Å². The zero-order chi connectivity index (χ0) is 20.1. The van der Waals surface area contributed by atoms with Gasteiger partial charge >= 0.3 is 0 Å². The maximum atomic E-state index is 14.1. The quantitative estimate of drug-likeness (QED) is 0.638. The molecule has 3 aromatic carbocycles. The number of amides is 1. The van der Waals surface area contributed by atoms with Crippen LogP contribution in [0.25, 0.3) is 0 Å². The van der Waals surface area contributed by atoms with Crippen LogP contribution in [0.4, 0.5) is 10.1 Å². The van der Waals surface area contributed by atoms with Gasteiger partial charge in [0.15, 0.2) is 0 Å². The monoisotopic (exact) mass is 377 g/mol. The molecule has 0 unspecified atom stereocenters. The van der Waals surface area contributed by atoms with Gasteiger partial charge in [-0.05, 0) is 47.7 Å². The summed E-state index contributed by atoms with van der Waals surface area (Å²) in [7, 11) is 0. The summed E-state index contributed by atoms with van der Waals surface area (Å²) < 4.78 is 14.1. The molecule has 0 fully saturated rings. The SMILES string of the molecule is CCc1ccc(O)c(CN(C(C)=O)c2cc(F)ccc2Cc2ccccc2)c1. The number of carbonyl (C=O) groups is 1. The first-order valence-corrected chi connectivity index (χ1v) is 9.39. The van der Waals surface area contributed by atoms with Crippen LogP contribution in [-0.2, 0) is 24.2 Å². The molecular formula is C24H24FNO2. The van der Waals surface area contributed by atoms with Gasteiger partial charge in [0.05, 0.1) is 12.2 Å². The lowest BCUT2D eigenvalue weighted by molar-refractivity contribution is -0.116. The largest absolute Gasteiger partial charge is 0.508 e. The first kappa shape index (κ1) is 19.6. The van der Waals surface area contributed by atoms with Gasteiger partial charge in [-0.3, -0.25) is 4.79 Å². The third-order valence-electron chi connectivity index (χ3n) is 4.84. The van der Waals surface area contributed by atoms with Gasteiger partial charge < -0.3 is 10.0 Å². The summed E-state index contributed by atoms with van der Waals surface area (Å²) in [4.78, 5) is 14.0. The Morgan fingerprint density at radius 2 is 1.71 bits per heavy atom. The van der Waals surface area contributed by atoms with E-state index in [1.54, 1.807) is 12.1 Å². The van der Waals surface area contributed by atoms with Crippen molar-refractivity contribution in [3.8, 4) is 5.75 Å². The molecule has 0 aliphatic rings. The first-order chi connectivity index (χ1) is 13.5. The molecule has 0 saturated heterocycles. The second kappa shape index (κ2) is 8.70. The average molecular weight is 377 g/mol. The molecule has 3 rings (SSSR count). The standard InChI is InChI=1S/C24H24FNO2/c1-3-18-9-12-24(28)21(13-18)16-26(17(2)27)23-15-22(25)11-10-20(23)14-19-7-5-4-6-8-19/h4-13,15,28H,3,14,16H2,1-2H3. The van der Waals surface area contributed by atoms with Crippen molar-refractivity contribution in [2.75, 3.05) is 4.90 Å². The number of benzene rings is 3. The highest BCUT2D eigenvalue weighted by Crippen LogP contribution is 2.29. The van der Waals surface area contributed by atoms with Crippen molar-refractivity contribution in [2.24, 2.45) is 0 Å². The van der Waals surface area contributed by atoms with Crippen molar-refractivity contribution in [1.29, 1.82) is 0 Å². The minimum Gasteiger partial charge on any atom is -0.508 e. The van der Waals surface area contributed by atoms with E-state index in [0.29, 0.717) is 17.7 Å². The van der Waals surface area contributed by atoms with E-state index in [1.165, 1.54) is 24.0 Å². The van der Waals surface area contributed by atoms with Crippen LogP contribution in [0.1, 0.15) is 36.1 Å². The van der Waals surface area contributed by atoms with E-state index < -0.39 is 5.82 Å². The Morgan fingerprint density at radius 3 is 2.39 bits per heavy atom. The van der Waals surface area contributed by atoms with Crippen LogP contribution in [0, 0.1) is 5.82 Å². The molecule has 3 nitrogen and oxygen atoms in total. The summed E-state index contributed by atoms with van der Waals surface area (Å²) in [6.45, 7) is 3.67. The Balaban J connectivity index is 2.00. The van der Waals surface area contributed by atoms with Crippen molar-refractivity contribution in [3.63, 3.8) is 0 Å². The van der Waals surface area contributed by atoms with Gasteiger partial charge in [0.2, 0.25) is 5.91 Å². The van der Waals surface area contributed by atoms with E-state index in [4.69, 9.17) is 0 Å². The summed E-state index contributed by atoms with van der Waals surface area (Å²) in [6, 6.07) is 19.8. The number of halogens is 1. The Kier molecular flexibility index (Phi) is 6.09. The summed E-state index contributed by atoms with van der Waals surface area (Å²) in [6.07, 6.45) is 1.41. The van der Waals surface area contributed by atoms with Crippen molar-refractivity contribution in [1.82, 2.24) is 0 Å². The van der Waals surface area contributed by atoms with Gasteiger partial charge in [-0.15, -0.1) is 0 Å². The number of anilines is 1. The Labute approximate surface area is 165 Å². The van der Waals surface area contributed by atoms with E-state index in [-0.39, 0.29) is 18.2 Å². The Bertz CT molecular complexity index is 970. The lowest BCUT2D eigenvalue weighted by atomic mass is 10.0. The van der Waals surface area contributed by atoms with Crippen LogP contribution in [-0.4, -0.2) is 11.0 Å². The van der Waals surface area contributed by atoms with E-state index in [1.807, 2.05) is 49.4 Å². The molecule has 1 amide bonds. The number of nitrogens with zero attached hydrogens (tertiary/aromatic N) is 1. The molecular weight excluding hydrogens is 353 g/mol. The first-order valence-electron chi connectivity index (χ1n) is 9.39. The molecule has 0 aliphatic heterocycles. The highest BCUT2D eigenvalue weighted by atomic mass is 19.1. The van der Waals surface area contributed by atoms with E-state index in [9.17, 15) is 14.3 Å². The number of hydrogen-bond donors (Lipinski definition) is 1. The fourth-order valence-electron chi connectivity index (χ4n) is 3.28. The topological polar surface area (TPSA) is 40.5 Å². The normalized spacial score (nSPS) is 10.7. The lowest BCUT2D eigenvalue weighted by Crippen LogP contribution is -2.29. The molecule has 0 aromatic heterocycles. The Morgan fingerprint density at radius 1 is 0.964 bits per heavy atom. The van der Waals surface area contributed by atoms with E-state index in [0.717, 1.165) is 23.1 Å². The molecule has 3 aromatic rings. The van der Waals surface area contributed by atoms with Crippen LogP contribution in [0.15, 0.2) is 66.7 Å². The van der Waals surface area contributed by atoms with E-state index >= 15 is 0 Å². The highest BCUT2D eigenvalue weighted by molar-refractivity contribution is 5.92. The maximum Gasteiger partial charge on any atom is 0.224 e. The molecule has 0 bridgehead atoms. The van der Waals surface area contributed by atoms with Gasteiger partial charge in [-0.1, -0.05) is 55.5 Å². The molecule has 0 atom stereocenters. The second-order valence-electron chi connectivity index (χ2n) is 6.86. The van der Waals surface area contributed by atoms with Crippen LogP contribution in [0.3, 0.4) is 0 Å². The van der Waals surface area contributed by atoms with Crippen molar-refractivity contribution in [2.45, 2.75) is 33.2 Å². The van der Waals surface area contributed by atoms with Crippen LogP contribution >= 0.6 is 0 Å². The molecule has 0 radical (unpaired) electrons. The fraction of sp³-hybridized carbons (Fsp3) is 0.208. The molecule has 4 heteroatoms. The molecule has 0 heterocycles. The number of rotatable bonds is 6. The number of aromatic hydroxyl groups is 1. The van der Waals surface area contributed by atoms with Gasteiger partial charge in [-0.25, -0.2) is 4.39 Å². The molecule has 144 valence electrons. The molecule has 28 heavy (non-hydrogen) atoms. The fourth-order valence-corrected chi connectivity index (χ4v) is 3.28. The summed E-state index contributed by atoms with van der Waals surface area (Å²) in [5, 5.41) is 10.3. The number of carbonyl (C=O) groups excluding carboxylic acids is 1. The second-order valence-corrected chi connectivity index (χ2v) is 6.86. The summed E-state index contributed by atoms with van der Waals surface area (Å²) in [5.74, 6) is -0.477.